The van der Waals surface area contributed by atoms with E-state index in [9.17, 15) is 28.3 Å². The fourth-order valence-corrected chi connectivity index (χ4v) is 4.69. The highest BCUT2D eigenvalue weighted by Crippen LogP contribution is 2.27. The lowest BCUT2D eigenvalue weighted by atomic mass is 10.0. The maximum Gasteiger partial charge on any atom is 0.262 e. The molecule has 11 heteroatoms. The quantitative estimate of drug-likeness (QED) is 0.227. The number of aliphatic hydroxyl groups excluding tert-OH is 1. The number of benzene rings is 2. The van der Waals surface area contributed by atoms with Crippen LogP contribution >= 0.6 is 11.6 Å². The molecule has 0 saturated carbocycles. The highest BCUT2D eigenvalue weighted by atomic mass is 35.5. The number of nitrogens with zero attached hydrogens (tertiary/aromatic N) is 1. The Hall–Kier alpha value is -4.02. The zero-order valence-electron chi connectivity index (χ0n) is 25.4. The Kier molecular flexibility index (Phi) is 14.2. The third-order valence-electron chi connectivity index (χ3n) is 6.49. The Labute approximate surface area is 262 Å². The monoisotopic (exact) mass is 631 g/mol. The molecule has 0 aromatic heterocycles. The number of ether oxygens (including phenoxy) is 1. The lowest BCUT2D eigenvalue weighted by Gasteiger charge is -2.30. The van der Waals surface area contributed by atoms with E-state index in [-0.39, 0.29) is 13.0 Å². The van der Waals surface area contributed by atoms with Crippen LogP contribution in [0.4, 0.5) is 8.78 Å². The minimum atomic E-state index is -3.36. The van der Waals surface area contributed by atoms with Gasteiger partial charge in [-0.25, -0.2) is 8.78 Å². The number of allylic oxidation sites excluding steroid dienone is 4. The van der Waals surface area contributed by atoms with Crippen molar-refractivity contribution in [3.05, 3.63) is 101 Å². The van der Waals surface area contributed by atoms with Gasteiger partial charge in [-0.15, -0.1) is 0 Å². The van der Waals surface area contributed by atoms with Gasteiger partial charge in [-0.3, -0.25) is 14.4 Å². The summed E-state index contributed by atoms with van der Waals surface area (Å²) in [5.74, 6) is -5.38. The molecule has 2 aromatic carbocycles. The van der Waals surface area contributed by atoms with Gasteiger partial charge < -0.3 is 25.4 Å². The second-order valence-corrected chi connectivity index (χ2v) is 11.0. The predicted molar refractivity (Wildman–Crippen MR) is 168 cm³/mol. The van der Waals surface area contributed by atoms with E-state index in [2.05, 4.69) is 17.2 Å². The van der Waals surface area contributed by atoms with Crippen molar-refractivity contribution >= 4 is 29.3 Å². The number of amides is 3. The van der Waals surface area contributed by atoms with Gasteiger partial charge in [0.25, 0.3) is 17.7 Å². The van der Waals surface area contributed by atoms with Gasteiger partial charge >= 0.3 is 0 Å². The number of aryl methyl sites for hydroxylation is 3. The lowest BCUT2D eigenvalue weighted by Crippen LogP contribution is -2.55. The first-order valence-electron chi connectivity index (χ1n) is 14.0. The van der Waals surface area contributed by atoms with Crippen LogP contribution in [0.25, 0.3) is 0 Å². The topological polar surface area (TPSA) is 108 Å². The summed E-state index contributed by atoms with van der Waals surface area (Å²) in [5, 5.41) is 16.8. The molecule has 2 atom stereocenters. The average Bonchev–Trinajstić information content (AvgIpc) is 2.93. The normalized spacial score (nSPS) is 13.0. The standard InChI is InChI=1S/C33H40ClF2N3O5/c1-6-7-8-9-10-15-27(38-29(41)20-44-31-23(3)16-26(34)17-24(31)4)30(42)32(43)39(21-33(5,35)36)19-28(40)37-18-25-14-12-11-13-22(25)2/h6-14,16-17,27,30,42H,1,15,18-21H2,2-5H3,(H,37,40)(H,38,41)/b8-7-,10-9-. The molecule has 0 saturated heterocycles. The molecule has 0 aliphatic rings. The summed E-state index contributed by atoms with van der Waals surface area (Å²) < 4.78 is 33.9. The van der Waals surface area contributed by atoms with Crippen LogP contribution in [0.1, 0.15) is 35.6 Å². The van der Waals surface area contributed by atoms with Crippen molar-refractivity contribution in [2.75, 3.05) is 19.7 Å². The molecular formula is C33H40ClF2N3O5. The van der Waals surface area contributed by atoms with E-state index in [0.717, 1.165) is 11.1 Å². The summed E-state index contributed by atoms with van der Waals surface area (Å²) in [6.07, 6.45) is 6.07. The number of aliphatic hydroxyl groups is 1. The Morgan fingerprint density at radius 1 is 1.07 bits per heavy atom. The van der Waals surface area contributed by atoms with Crippen molar-refractivity contribution in [3.8, 4) is 5.75 Å². The number of halogens is 3. The minimum absolute atomic E-state index is 0.0328. The largest absolute Gasteiger partial charge is 0.483 e. The van der Waals surface area contributed by atoms with E-state index in [0.29, 0.717) is 33.7 Å². The molecule has 0 radical (unpaired) electrons. The number of carbonyl (C=O) groups excluding carboxylic acids is 3. The highest BCUT2D eigenvalue weighted by Gasteiger charge is 2.36. The molecule has 0 aliphatic carbocycles. The zero-order chi connectivity index (χ0) is 32.9. The number of alkyl halides is 2. The smallest absolute Gasteiger partial charge is 0.262 e. The molecule has 238 valence electrons. The molecule has 8 nitrogen and oxygen atoms in total. The van der Waals surface area contributed by atoms with E-state index in [4.69, 9.17) is 16.3 Å². The third kappa shape index (κ3) is 12.3. The van der Waals surface area contributed by atoms with Crippen molar-refractivity contribution in [2.45, 2.75) is 58.7 Å². The van der Waals surface area contributed by atoms with Crippen LogP contribution in [0.3, 0.4) is 0 Å². The summed E-state index contributed by atoms with van der Waals surface area (Å²) in [6.45, 7) is 7.44. The van der Waals surface area contributed by atoms with Gasteiger partial charge in [-0.05, 0) is 61.6 Å². The van der Waals surface area contributed by atoms with E-state index in [1.807, 2.05) is 25.1 Å². The maximum atomic E-state index is 14.1. The summed E-state index contributed by atoms with van der Waals surface area (Å²) >= 11 is 6.06. The van der Waals surface area contributed by atoms with E-state index in [1.165, 1.54) is 0 Å². The SMILES string of the molecule is C=C/C=C\C=C/CC(NC(=O)COc1c(C)cc(Cl)cc1C)C(O)C(=O)N(CC(=O)NCc1ccccc1C)CC(C)(F)F. The van der Waals surface area contributed by atoms with Crippen LogP contribution in [-0.2, 0) is 20.9 Å². The zero-order valence-corrected chi connectivity index (χ0v) is 26.2. The molecule has 0 spiro atoms. The Morgan fingerprint density at radius 3 is 2.34 bits per heavy atom. The molecule has 0 fully saturated rings. The molecular weight excluding hydrogens is 592 g/mol. The Balaban J connectivity index is 2.20. The van der Waals surface area contributed by atoms with Gasteiger partial charge in [0.15, 0.2) is 12.7 Å². The molecule has 0 heterocycles. The summed E-state index contributed by atoms with van der Waals surface area (Å²) in [6, 6.07) is 9.47. The van der Waals surface area contributed by atoms with Crippen LogP contribution in [-0.4, -0.2) is 65.5 Å². The van der Waals surface area contributed by atoms with Crippen LogP contribution in [0.15, 0.2) is 73.4 Å². The fraction of sp³-hybridized carbons (Fsp3) is 0.364. The average molecular weight is 632 g/mol. The molecule has 44 heavy (non-hydrogen) atoms. The summed E-state index contributed by atoms with van der Waals surface area (Å²) in [4.78, 5) is 39.5. The molecule has 0 bridgehead atoms. The molecule has 2 aromatic rings. The Morgan fingerprint density at radius 2 is 1.73 bits per heavy atom. The number of hydrogen-bond acceptors (Lipinski definition) is 5. The fourth-order valence-electron chi connectivity index (χ4n) is 4.36. The van der Waals surface area contributed by atoms with Crippen molar-refractivity contribution in [3.63, 3.8) is 0 Å². The third-order valence-corrected chi connectivity index (χ3v) is 6.71. The first-order valence-corrected chi connectivity index (χ1v) is 14.4. The molecule has 2 rings (SSSR count). The maximum absolute atomic E-state index is 14.1. The first kappa shape index (κ1) is 36.2. The van der Waals surface area contributed by atoms with E-state index >= 15 is 0 Å². The Bertz CT molecular complexity index is 1350. The van der Waals surface area contributed by atoms with E-state index < -0.39 is 55.5 Å². The summed E-state index contributed by atoms with van der Waals surface area (Å²) in [7, 11) is 0. The number of rotatable bonds is 16. The van der Waals surface area contributed by atoms with Crippen molar-refractivity contribution in [1.82, 2.24) is 15.5 Å². The van der Waals surface area contributed by atoms with Gasteiger partial charge in [0.1, 0.15) is 5.75 Å². The molecule has 0 aliphatic heterocycles. The van der Waals surface area contributed by atoms with Gasteiger partial charge in [0, 0.05) is 18.5 Å². The van der Waals surface area contributed by atoms with Gasteiger partial charge in [-0.2, -0.15) is 0 Å². The molecule has 3 N–H and O–H groups in total. The van der Waals surface area contributed by atoms with Crippen molar-refractivity contribution in [1.29, 1.82) is 0 Å². The first-order chi connectivity index (χ1) is 20.7. The molecule has 2 unspecified atom stereocenters. The minimum Gasteiger partial charge on any atom is -0.483 e. The van der Waals surface area contributed by atoms with Gasteiger partial charge in [0.2, 0.25) is 5.91 Å². The lowest BCUT2D eigenvalue weighted by molar-refractivity contribution is -0.149. The van der Waals surface area contributed by atoms with Gasteiger partial charge in [-0.1, -0.05) is 72.8 Å². The summed E-state index contributed by atoms with van der Waals surface area (Å²) in [5.41, 5.74) is 3.17. The number of hydrogen-bond donors (Lipinski definition) is 3. The van der Waals surface area contributed by atoms with Gasteiger partial charge in [0.05, 0.1) is 19.1 Å². The van der Waals surface area contributed by atoms with Crippen LogP contribution < -0.4 is 15.4 Å². The second-order valence-electron chi connectivity index (χ2n) is 10.5. The van der Waals surface area contributed by atoms with Crippen LogP contribution in [0.5, 0.6) is 5.75 Å². The molecule has 3 amide bonds. The number of nitrogens with one attached hydrogen (secondary N) is 2. The van der Waals surface area contributed by atoms with E-state index in [1.54, 1.807) is 62.4 Å². The van der Waals surface area contributed by atoms with Crippen LogP contribution in [0, 0.1) is 20.8 Å². The van der Waals surface area contributed by atoms with Crippen molar-refractivity contribution in [2.24, 2.45) is 0 Å². The predicted octanol–water partition coefficient (Wildman–Crippen LogP) is 4.98. The second kappa shape index (κ2) is 17.3. The number of carbonyl (C=O) groups is 3. The highest BCUT2D eigenvalue weighted by molar-refractivity contribution is 6.30. The van der Waals surface area contributed by atoms with Crippen molar-refractivity contribution < 1.29 is 33.0 Å². The van der Waals surface area contributed by atoms with Crippen LogP contribution in [0.2, 0.25) is 5.02 Å².